The van der Waals surface area contributed by atoms with Gasteiger partial charge < -0.3 is 25.3 Å². The van der Waals surface area contributed by atoms with Gasteiger partial charge in [0, 0.05) is 54.3 Å². The molecule has 3 heterocycles. The zero-order valence-corrected chi connectivity index (χ0v) is 21.7. The summed E-state index contributed by atoms with van der Waals surface area (Å²) in [5, 5.41) is 13.0. The van der Waals surface area contributed by atoms with Crippen LogP contribution in [0.1, 0.15) is 65.1 Å². The lowest BCUT2D eigenvalue weighted by atomic mass is 9.81. The van der Waals surface area contributed by atoms with Crippen molar-refractivity contribution in [2.24, 2.45) is 5.92 Å². The second-order valence-electron chi connectivity index (χ2n) is 10.4. The minimum absolute atomic E-state index is 0.0342. The third-order valence-electron chi connectivity index (χ3n) is 8.03. The normalized spacial score (nSPS) is 18.6. The quantitative estimate of drug-likeness (QED) is 0.348. The maximum atomic E-state index is 13.1. The molecule has 4 N–H and O–H groups in total. The van der Waals surface area contributed by atoms with Crippen molar-refractivity contribution in [2.75, 3.05) is 17.7 Å². The van der Waals surface area contributed by atoms with Crippen molar-refractivity contribution >= 4 is 34.2 Å². The molecule has 0 atom stereocenters. The second-order valence-corrected chi connectivity index (χ2v) is 10.4. The molecule has 4 aromatic rings. The Morgan fingerprint density at radius 1 is 1.13 bits per heavy atom. The molecule has 39 heavy (non-hydrogen) atoms. The highest BCUT2D eigenvalue weighted by Gasteiger charge is 2.32. The number of aliphatic hydroxyl groups excluding tert-OH is 1. The van der Waals surface area contributed by atoms with Gasteiger partial charge in [-0.05, 0) is 62.3 Å². The van der Waals surface area contributed by atoms with Gasteiger partial charge in [0.05, 0.1) is 5.39 Å². The number of benzene rings is 1. The topological polar surface area (TPSA) is 145 Å². The van der Waals surface area contributed by atoms with E-state index in [0.29, 0.717) is 48.8 Å². The SMILES string of the molecule is CCn1c2c(cc(C(=O)Nc3ccc(-c4cn(C5CC(CO)C5)c5ncnc(N)c45)cc3)c1=O)C(=O)CCC2. The second kappa shape index (κ2) is 9.77. The summed E-state index contributed by atoms with van der Waals surface area (Å²) in [6, 6.07) is 8.97. The number of anilines is 2. The van der Waals surface area contributed by atoms with Gasteiger partial charge in [0.25, 0.3) is 11.5 Å². The highest BCUT2D eigenvalue weighted by Crippen LogP contribution is 2.42. The Hall–Kier alpha value is -4.31. The largest absolute Gasteiger partial charge is 0.396 e. The van der Waals surface area contributed by atoms with E-state index in [1.807, 2.05) is 25.3 Å². The number of carbonyl (C=O) groups is 2. The van der Waals surface area contributed by atoms with Crippen LogP contribution >= 0.6 is 0 Å². The van der Waals surface area contributed by atoms with Crippen molar-refractivity contribution in [1.29, 1.82) is 0 Å². The summed E-state index contributed by atoms with van der Waals surface area (Å²) in [6.45, 7) is 2.42. The number of nitrogens with two attached hydrogens (primary N) is 1. The number of hydrogen-bond donors (Lipinski definition) is 3. The molecular formula is C29H30N6O4. The summed E-state index contributed by atoms with van der Waals surface area (Å²) in [6.07, 6.45) is 7.03. The van der Waals surface area contributed by atoms with E-state index in [0.717, 1.165) is 40.7 Å². The first-order valence-corrected chi connectivity index (χ1v) is 13.3. The molecule has 10 heteroatoms. The Morgan fingerprint density at radius 3 is 2.62 bits per heavy atom. The van der Waals surface area contributed by atoms with Crippen LogP contribution in [0, 0.1) is 5.92 Å². The number of nitrogens with zero attached hydrogens (tertiary/aromatic N) is 4. The number of pyridine rings is 1. The minimum Gasteiger partial charge on any atom is -0.396 e. The van der Waals surface area contributed by atoms with Crippen LogP contribution in [0.5, 0.6) is 0 Å². The number of aromatic nitrogens is 4. The summed E-state index contributed by atoms with van der Waals surface area (Å²) in [5.74, 6) is 0.104. The maximum absolute atomic E-state index is 13.1. The Labute approximate surface area is 224 Å². The first-order chi connectivity index (χ1) is 18.9. The Bertz CT molecular complexity index is 1660. The lowest BCUT2D eigenvalue weighted by molar-refractivity contribution is 0.0970. The third kappa shape index (κ3) is 4.21. The van der Waals surface area contributed by atoms with E-state index >= 15 is 0 Å². The predicted molar refractivity (Wildman–Crippen MR) is 148 cm³/mol. The summed E-state index contributed by atoms with van der Waals surface area (Å²) in [5.41, 5.74) is 10.1. The summed E-state index contributed by atoms with van der Waals surface area (Å²) in [7, 11) is 0. The van der Waals surface area contributed by atoms with Gasteiger partial charge in [-0.25, -0.2) is 9.97 Å². The van der Waals surface area contributed by atoms with Crippen molar-refractivity contribution in [1.82, 2.24) is 19.1 Å². The van der Waals surface area contributed by atoms with Crippen molar-refractivity contribution in [3.63, 3.8) is 0 Å². The Kier molecular flexibility index (Phi) is 6.26. The number of nitrogen functional groups attached to an aromatic ring is 1. The maximum Gasteiger partial charge on any atom is 0.263 e. The molecule has 0 saturated heterocycles. The van der Waals surface area contributed by atoms with Crippen LogP contribution in [-0.4, -0.2) is 42.5 Å². The number of nitrogens with one attached hydrogen (secondary N) is 1. The molecule has 10 nitrogen and oxygen atoms in total. The van der Waals surface area contributed by atoms with Gasteiger partial charge in [0.1, 0.15) is 23.4 Å². The molecule has 1 fully saturated rings. The van der Waals surface area contributed by atoms with Crippen LogP contribution < -0.4 is 16.6 Å². The number of hydrogen-bond acceptors (Lipinski definition) is 7. The van der Waals surface area contributed by atoms with Gasteiger partial charge in [-0.15, -0.1) is 0 Å². The van der Waals surface area contributed by atoms with E-state index in [1.54, 1.807) is 12.1 Å². The van der Waals surface area contributed by atoms with E-state index in [9.17, 15) is 19.5 Å². The molecule has 0 spiro atoms. The number of carbonyl (C=O) groups excluding carboxylic acids is 2. The van der Waals surface area contributed by atoms with E-state index in [2.05, 4.69) is 19.9 Å². The molecular weight excluding hydrogens is 496 g/mol. The average Bonchev–Trinajstić information content (AvgIpc) is 3.29. The van der Waals surface area contributed by atoms with Gasteiger partial charge in [-0.3, -0.25) is 14.4 Å². The predicted octanol–water partition coefficient (Wildman–Crippen LogP) is 3.58. The van der Waals surface area contributed by atoms with E-state index in [4.69, 9.17) is 5.73 Å². The van der Waals surface area contributed by atoms with Crippen molar-refractivity contribution in [3.05, 3.63) is 70.0 Å². The number of aliphatic hydroxyl groups is 1. The first kappa shape index (κ1) is 25.0. The number of ketones is 1. The van der Waals surface area contributed by atoms with Crippen LogP contribution in [0.4, 0.5) is 11.5 Å². The van der Waals surface area contributed by atoms with Crippen LogP contribution in [0.3, 0.4) is 0 Å². The van der Waals surface area contributed by atoms with Gasteiger partial charge in [-0.1, -0.05) is 12.1 Å². The Balaban J connectivity index is 1.29. The zero-order valence-electron chi connectivity index (χ0n) is 21.7. The molecule has 1 saturated carbocycles. The monoisotopic (exact) mass is 526 g/mol. The average molecular weight is 527 g/mol. The van der Waals surface area contributed by atoms with Crippen molar-refractivity contribution < 1.29 is 14.7 Å². The zero-order chi connectivity index (χ0) is 27.3. The standard InChI is InChI=1S/C29H30N6O4/c1-2-34-23-4-3-5-24(37)20(23)12-21(29(34)39)28(38)33-18-8-6-17(7-9-18)22-13-35(19-10-16(11-19)14-36)27-25(22)26(30)31-15-32-27/h6-9,12-13,15-16,19,36H,2-5,10-11,14H2,1H3,(H,33,38)(H2,30,31,32). The molecule has 0 radical (unpaired) electrons. The van der Waals surface area contributed by atoms with Crippen LogP contribution in [0.25, 0.3) is 22.2 Å². The minimum atomic E-state index is -0.547. The summed E-state index contributed by atoms with van der Waals surface area (Å²) >= 11 is 0. The lowest BCUT2D eigenvalue weighted by Gasteiger charge is -2.35. The fraction of sp³-hybridized carbons (Fsp3) is 0.345. The number of Topliss-reactive ketones (excluding diaryl/α,β-unsaturated/α-hetero) is 1. The fourth-order valence-corrected chi connectivity index (χ4v) is 5.88. The molecule has 1 aromatic carbocycles. The summed E-state index contributed by atoms with van der Waals surface area (Å²) in [4.78, 5) is 47.4. The van der Waals surface area contributed by atoms with Gasteiger partial charge in [-0.2, -0.15) is 0 Å². The van der Waals surface area contributed by atoms with Gasteiger partial charge in [0.15, 0.2) is 5.78 Å². The molecule has 0 bridgehead atoms. The van der Waals surface area contributed by atoms with Gasteiger partial charge in [0.2, 0.25) is 0 Å². The third-order valence-corrected chi connectivity index (χ3v) is 8.03. The van der Waals surface area contributed by atoms with E-state index < -0.39 is 5.91 Å². The van der Waals surface area contributed by atoms with E-state index in [1.165, 1.54) is 17.0 Å². The van der Waals surface area contributed by atoms with E-state index in [-0.39, 0.29) is 29.6 Å². The van der Waals surface area contributed by atoms with Crippen LogP contribution in [-0.2, 0) is 13.0 Å². The molecule has 0 aliphatic heterocycles. The van der Waals surface area contributed by atoms with Crippen LogP contribution in [0.15, 0.2) is 47.7 Å². The molecule has 2 aliphatic carbocycles. The number of amides is 1. The fourth-order valence-electron chi connectivity index (χ4n) is 5.88. The molecule has 6 rings (SSSR count). The smallest absolute Gasteiger partial charge is 0.263 e. The van der Waals surface area contributed by atoms with Crippen LogP contribution in [0.2, 0.25) is 0 Å². The molecule has 200 valence electrons. The highest BCUT2D eigenvalue weighted by atomic mass is 16.3. The van der Waals surface area contributed by atoms with Crippen molar-refractivity contribution in [3.8, 4) is 11.1 Å². The first-order valence-electron chi connectivity index (χ1n) is 13.3. The highest BCUT2D eigenvalue weighted by molar-refractivity contribution is 6.07. The molecule has 3 aromatic heterocycles. The molecule has 1 amide bonds. The lowest BCUT2D eigenvalue weighted by Crippen LogP contribution is -2.34. The molecule has 2 aliphatic rings. The molecule has 0 unspecified atom stereocenters. The van der Waals surface area contributed by atoms with Gasteiger partial charge >= 0.3 is 0 Å². The number of fused-ring (bicyclic) bond motifs is 2. The van der Waals surface area contributed by atoms with Crippen molar-refractivity contribution in [2.45, 2.75) is 51.6 Å². The Morgan fingerprint density at radius 2 is 1.90 bits per heavy atom. The summed E-state index contributed by atoms with van der Waals surface area (Å²) < 4.78 is 3.65. The number of rotatable bonds is 6.